The number of rotatable bonds is 5. The predicted octanol–water partition coefficient (Wildman–Crippen LogP) is 3.35. The van der Waals surface area contributed by atoms with Crippen molar-refractivity contribution >= 4 is 9.84 Å². The zero-order valence-electron chi connectivity index (χ0n) is 14.8. The van der Waals surface area contributed by atoms with Gasteiger partial charge in [-0.3, -0.25) is 0 Å². The molecule has 25 heavy (non-hydrogen) atoms. The van der Waals surface area contributed by atoms with Crippen molar-refractivity contribution in [2.24, 2.45) is 0 Å². The maximum absolute atomic E-state index is 11.7. The first kappa shape index (κ1) is 17.5. The van der Waals surface area contributed by atoms with Crippen LogP contribution in [0, 0.1) is 32.1 Å². The number of aromatic nitrogens is 2. The third-order valence-electron chi connectivity index (χ3n) is 4.27. The van der Waals surface area contributed by atoms with Gasteiger partial charge >= 0.3 is 0 Å². The van der Waals surface area contributed by atoms with Gasteiger partial charge < -0.3 is 4.74 Å². The van der Waals surface area contributed by atoms with Gasteiger partial charge in [-0.05, 0) is 56.9 Å². The van der Waals surface area contributed by atoms with E-state index in [-0.39, 0.29) is 5.88 Å². The van der Waals surface area contributed by atoms with E-state index >= 15 is 0 Å². The van der Waals surface area contributed by atoms with Gasteiger partial charge in [0, 0.05) is 12.2 Å². The van der Waals surface area contributed by atoms with Crippen molar-refractivity contribution in [1.82, 2.24) is 9.78 Å². The second-order valence-electron chi connectivity index (χ2n) is 6.77. The second-order valence-corrected chi connectivity index (χ2v) is 8.88. The highest BCUT2D eigenvalue weighted by Gasteiger charge is 2.33. The summed E-state index contributed by atoms with van der Waals surface area (Å²) >= 11 is 0. The topological polar surface area (TPSA) is 85.0 Å². The van der Waals surface area contributed by atoms with Gasteiger partial charge in [0.25, 0.3) is 0 Å². The summed E-state index contributed by atoms with van der Waals surface area (Å²) in [6, 6.07) is 5.85. The van der Waals surface area contributed by atoms with Gasteiger partial charge in [-0.1, -0.05) is 0 Å². The largest absolute Gasteiger partial charge is 0.453 e. The number of hydrogen-bond donors (Lipinski definition) is 0. The number of nitriles is 1. The van der Waals surface area contributed by atoms with Crippen molar-refractivity contribution in [3.63, 3.8) is 0 Å². The van der Waals surface area contributed by atoms with E-state index < -0.39 is 9.84 Å². The van der Waals surface area contributed by atoms with E-state index in [2.05, 4.69) is 11.2 Å². The van der Waals surface area contributed by atoms with Gasteiger partial charge in [0.1, 0.15) is 17.3 Å². The van der Waals surface area contributed by atoms with Crippen LogP contribution in [0.3, 0.4) is 0 Å². The highest BCUT2D eigenvalue weighted by molar-refractivity contribution is 7.89. The molecule has 7 heteroatoms. The minimum absolute atomic E-state index is 0.144. The molecule has 1 fully saturated rings. The molecule has 3 rings (SSSR count). The average molecular weight is 359 g/mol. The quantitative estimate of drug-likeness (QED) is 0.817. The van der Waals surface area contributed by atoms with Gasteiger partial charge in [-0.15, -0.1) is 0 Å². The number of ether oxygens (including phenoxy) is 1. The number of benzene rings is 1. The summed E-state index contributed by atoms with van der Waals surface area (Å²) < 4.78 is 31.1. The Morgan fingerprint density at radius 2 is 1.88 bits per heavy atom. The number of nitrogens with zero attached hydrogens (tertiary/aromatic N) is 3. The lowest BCUT2D eigenvalue weighted by atomic mass is 10.0. The molecule has 0 aliphatic heterocycles. The van der Waals surface area contributed by atoms with E-state index in [4.69, 9.17) is 4.74 Å². The molecule has 1 aliphatic rings. The van der Waals surface area contributed by atoms with Crippen LogP contribution < -0.4 is 4.74 Å². The zero-order chi connectivity index (χ0) is 18.4. The molecule has 0 amide bonds. The summed E-state index contributed by atoms with van der Waals surface area (Å²) in [4.78, 5) is 0. The summed E-state index contributed by atoms with van der Waals surface area (Å²) in [6.07, 6.45) is 3.22. The molecule has 0 unspecified atom stereocenters. The van der Waals surface area contributed by atoms with Crippen molar-refractivity contribution in [2.75, 3.05) is 6.26 Å². The van der Waals surface area contributed by atoms with Crippen LogP contribution in [0.5, 0.6) is 11.5 Å². The minimum atomic E-state index is -3.20. The van der Waals surface area contributed by atoms with E-state index in [9.17, 15) is 13.7 Å². The lowest BCUT2D eigenvalue weighted by Gasteiger charge is -2.11. The van der Waals surface area contributed by atoms with Crippen molar-refractivity contribution in [3.05, 3.63) is 40.2 Å². The van der Waals surface area contributed by atoms with Gasteiger partial charge in [-0.25, -0.2) is 13.1 Å². The average Bonchev–Trinajstić information content (AvgIpc) is 3.25. The molecule has 0 saturated heterocycles. The van der Waals surface area contributed by atoms with Crippen LogP contribution in [0.4, 0.5) is 0 Å². The molecule has 0 spiro atoms. The minimum Gasteiger partial charge on any atom is -0.453 e. The Hall–Kier alpha value is -2.33. The molecule has 1 aromatic carbocycles. The van der Waals surface area contributed by atoms with E-state index in [1.54, 1.807) is 4.68 Å². The summed E-state index contributed by atoms with van der Waals surface area (Å²) in [5.41, 5.74) is 3.88. The monoisotopic (exact) mass is 359 g/mol. The smallest absolute Gasteiger partial charge is 0.171 e. The Kier molecular flexibility index (Phi) is 4.33. The zero-order valence-corrected chi connectivity index (χ0v) is 15.6. The van der Waals surface area contributed by atoms with Crippen LogP contribution >= 0.6 is 0 Å². The first-order valence-electron chi connectivity index (χ1n) is 8.14. The fourth-order valence-electron chi connectivity index (χ4n) is 3.06. The van der Waals surface area contributed by atoms with E-state index in [1.165, 1.54) is 6.26 Å². The van der Waals surface area contributed by atoms with Crippen LogP contribution in [0.2, 0.25) is 0 Å². The van der Waals surface area contributed by atoms with Crippen LogP contribution in [-0.4, -0.2) is 24.5 Å². The molecule has 2 aromatic rings. The van der Waals surface area contributed by atoms with Crippen molar-refractivity contribution in [1.29, 1.82) is 5.26 Å². The standard InChI is InChI=1S/C18H21N3O3S/c1-11-7-15(8-12(2)16(11)9-19)24-18-13(3)20-21(10-25(4,22)23)17(18)14-5-6-14/h7-8,14H,5-6,10H2,1-4H3. The highest BCUT2D eigenvalue weighted by atomic mass is 32.2. The Morgan fingerprint density at radius 3 is 2.36 bits per heavy atom. The lowest BCUT2D eigenvalue weighted by Crippen LogP contribution is -2.12. The molecule has 1 saturated carbocycles. The Morgan fingerprint density at radius 1 is 1.28 bits per heavy atom. The van der Waals surface area contributed by atoms with Crippen molar-refractivity contribution < 1.29 is 13.2 Å². The molecule has 6 nitrogen and oxygen atoms in total. The van der Waals surface area contributed by atoms with Crippen molar-refractivity contribution in [3.8, 4) is 17.6 Å². The summed E-state index contributed by atoms with van der Waals surface area (Å²) in [6.45, 7) is 5.57. The summed E-state index contributed by atoms with van der Waals surface area (Å²) in [5, 5.41) is 13.6. The molecule has 0 atom stereocenters. The molecule has 1 aliphatic carbocycles. The van der Waals surface area contributed by atoms with Crippen LogP contribution in [0.15, 0.2) is 12.1 Å². The lowest BCUT2D eigenvalue weighted by molar-refractivity contribution is 0.469. The van der Waals surface area contributed by atoms with Crippen LogP contribution in [0.1, 0.15) is 46.8 Å². The van der Waals surface area contributed by atoms with Crippen LogP contribution in [-0.2, 0) is 15.7 Å². The SMILES string of the molecule is Cc1cc(Oc2c(C)nn(CS(C)(=O)=O)c2C2CC2)cc(C)c1C#N. The maximum atomic E-state index is 11.7. The number of sulfone groups is 1. The predicted molar refractivity (Wildman–Crippen MR) is 94.5 cm³/mol. The first-order chi connectivity index (χ1) is 11.7. The third-order valence-corrected chi connectivity index (χ3v) is 4.98. The Bertz CT molecular complexity index is 957. The normalized spacial score (nSPS) is 14.4. The van der Waals surface area contributed by atoms with Gasteiger partial charge in [-0.2, -0.15) is 10.4 Å². The number of aryl methyl sites for hydroxylation is 3. The maximum Gasteiger partial charge on any atom is 0.171 e. The third kappa shape index (κ3) is 3.69. The van der Waals surface area contributed by atoms with Crippen molar-refractivity contribution in [2.45, 2.75) is 45.4 Å². The molecule has 1 aromatic heterocycles. The van der Waals surface area contributed by atoms with Crippen LogP contribution in [0.25, 0.3) is 0 Å². The van der Waals surface area contributed by atoms with E-state index in [0.717, 1.165) is 29.7 Å². The molecular formula is C18H21N3O3S. The number of hydrogen-bond acceptors (Lipinski definition) is 5. The first-order valence-corrected chi connectivity index (χ1v) is 10.2. The molecule has 0 N–H and O–H groups in total. The summed E-state index contributed by atoms with van der Waals surface area (Å²) in [5.74, 6) is 1.42. The Balaban J connectivity index is 2.02. The highest BCUT2D eigenvalue weighted by Crippen LogP contribution is 2.46. The molecule has 0 radical (unpaired) electrons. The molecule has 132 valence electrons. The summed E-state index contributed by atoms with van der Waals surface area (Å²) in [7, 11) is -3.20. The van der Waals surface area contributed by atoms with Gasteiger partial charge in [0.15, 0.2) is 15.6 Å². The molecule has 0 bridgehead atoms. The van der Waals surface area contributed by atoms with Gasteiger partial charge in [0.05, 0.1) is 17.3 Å². The van der Waals surface area contributed by atoms with E-state index in [1.807, 2.05) is 32.9 Å². The van der Waals surface area contributed by atoms with Gasteiger partial charge in [0.2, 0.25) is 0 Å². The fourth-order valence-corrected chi connectivity index (χ4v) is 3.70. The fraction of sp³-hybridized carbons (Fsp3) is 0.444. The molecular weight excluding hydrogens is 338 g/mol. The Labute approximate surface area is 148 Å². The van der Waals surface area contributed by atoms with E-state index in [0.29, 0.717) is 28.7 Å². The second kappa shape index (κ2) is 6.19. The molecule has 1 heterocycles.